The molecule has 1 aliphatic heterocycles. The van der Waals surface area contributed by atoms with Gasteiger partial charge in [0.2, 0.25) is 0 Å². The second-order valence-corrected chi connectivity index (χ2v) is 8.00. The van der Waals surface area contributed by atoms with Crippen LogP contribution >= 0.6 is 0 Å². The van der Waals surface area contributed by atoms with E-state index in [1.54, 1.807) is 0 Å². The van der Waals surface area contributed by atoms with Crippen molar-refractivity contribution in [1.82, 2.24) is 0 Å². The molecular formula is C21H44O3. The summed E-state index contributed by atoms with van der Waals surface area (Å²) in [7, 11) is 0. The van der Waals surface area contributed by atoms with Crippen molar-refractivity contribution in [1.29, 1.82) is 0 Å². The summed E-state index contributed by atoms with van der Waals surface area (Å²) in [6, 6.07) is 0. The number of hydrogen-bond donors (Lipinski definition) is 0. The predicted molar refractivity (Wildman–Crippen MR) is 103 cm³/mol. The quantitative estimate of drug-likeness (QED) is 0.257. The van der Waals surface area contributed by atoms with E-state index in [1.807, 2.05) is 0 Å². The Kier molecular flexibility index (Phi) is 17.6. The van der Waals surface area contributed by atoms with E-state index in [9.17, 15) is 0 Å². The van der Waals surface area contributed by atoms with Gasteiger partial charge in [-0.25, -0.2) is 9.78 Å². The molecule has 0 aromatic carbocycles. The molecule has 0 aromatic rings. The number of rotatable bonds is 13. The van der Waals surface area contributed by atoms with Gasteiger partial charge in [0.05, 0.1) is 13.2 Å². The van der Waals surface area contributed by atoms with Crippen LogP contribution in [0.15, 0.2) is 0 Å². The topological polar surface area (TPSA) is 27.7 Å². The summed E-state index contributed by atoms with van der Waals surface area (Å²) >= 11 is 0. The van der Waals surface area contributed by atoms with Crippen molar-refractivity contribution in [3.05, 3.63) is 0 Å². The zero-order valence-electron chi connectivity index (χ0n) is 17.0. The van der Waals surface area contributed by atoms with Crippen molar-refractivity contribution in [2.24, 2.45) is 5.41 Å². The van der Waals surface area contributed by atoms with Crippen LogP contribution in [0.25, 0.3) is 0 Å². The molecule has 1 rings (SSSR count). The van der Waals surface area contributed by atoms with Gasteiger partial charge in [0.15, 0.2) is 0 Å². The fraction of sp³-hybridized carbons (Fsp3) is 1.00. The van der Waals surface area contributed by atoms with Crippen LogP contribution in [-0.2, 0) is 14.8 Å². The molecule has 0 saturated carbocycles. The zero-order valence-corrected chi connectivity index (χ0v) is 17.0. The third kappa shape index (κ3) is 18.2. The third-order valence-electron chi connectivity index (χ3n) is 4.45. The predicted octanol–water partition coefficient (Wildman–Crippen LogP) is 7.39. The normalized spacial score (nSPS) is 16.5. The maximum Gasteiger partial charge on any atom is 0.0927 e. The van der Waals surface area contributed by atoms with Gasteiger partial charge < -0.3 is 0 Å². The highest BCUT2D eigenvalue weighted by atomic mass is 17.5. The van der Waals surface area contributed by atoms with Gasteiger partial charge in [-0.1, -0.05) is 123 Å². The first-order chi connectivity index (χ1) is 11.6. The van der Waals surface area contributed by atoms with Crippen molar-refractivity contribution >= 4 is 0 Å². The van der Waals surface area contributed by atoms with Crippen molar-refractivity contribution in [2.45, 2.75) is 118 Å². The van der Waals surface area contributed by atoms with Gasteiger partial charge in [0.25, 0.3) is 0 Å². The molecule has 1 heterocycles. The Morgan fingerprint density at radius 3 is 1.04 bits per heavy atom. The summed E-state index contributed by atoms with van der Waals surface area (Å²) < 4.78 is 0. The average molecular weight is 345 g/mol. The first-order valence-corrected chi connectivity index (χ1v) is 10.5. The lowest BCUT2D eigenvalue weighted by Gasteiger charge is -2.25. The molecule has 0 aromatic heterocycles. The van der Waals surface area contributed by atoms with Crippen LogP contribution in [0.5, 0.6) is 0 Å². The summed E-state index contributed by atoms with van der Waals surface area (Å²) in [4.78, 5) is 9.12. The highest BCUT2D eigenvalue weighted by Crippen LogP contribution is 2.19. The van der Waals surface area contributed by atoms with Gasteiger partial charge in [-0.05, 0) is 0 Å². The molecule has 0 bridgehead atoms. The third-order valence-corrected chi connectivity index (χ3v) is 4.45. The van der Waals surface area contributed by atoms with E-state index in [0.29, 0.717) is 13.2 Å². The maximum atomic E-state index is 4.56. The SMILES string of the molecule is CC1(C)COOOC1.CCCCCCCCCCCCCCCC. The maximum absolute atomic E-state index is 4.56. The Balaban J connectivity index is 0.000000546. The summed E-state index contributed by atoms with van der Waals surface area (Å²) in [6.45, 7) is 9.89. The molecule has 0 unspecified atom stereocenters. The van der Waals surface area contributed by atoms with Crippen molar-refractivity contribution in [3.8, 4) is 0 Å². The monoisotopic (exact) mass is 344 g/mol. The lowest BCUT2D eigenvalue weighted by Crippen LogP contribution is -2.30. The summed E-state index contributed by atoms with van der Waals surface area (Å²) in [6.07, 6.45) is 20.4. The van der Waals surface area contributed by atoms with Crippen molar-refractivity contribution in [2.75, 3.05) is 13.2 Å². The zero-order chi connectivity index (χ0) is 17.9. The summed E-state index contributed by atoms with van der Waals surface area (Å²) in [5.41, 5.74) is 0.109. The van der Waals surface area contributed by atoms with Crippen LogP contribution in [0.4, 0.5) is 0 Å². The molecule has 0 spiro atoms. The van der Waals surface area contributed by atoms with Crippen LogP contribution in [0, 0.1) is 5.41 Å². The smallest absolute Gasteiger partial charge is 0.0927 e. The molecule has 0 radical (unpaired) electrons. The molecule has 0 N–H and O–H groups in total. The minimum Gasteiger partial charge on any atom is -0.206 e. The largest absolute Gasteiger partial charge is 0.206 e. The fourth-order valence-electron chi connectivity index (χ4n) is 2.71. The molecule has 24 heavy (non-hydrogen) atoms. The standard InChI is InChI=1S/C16H34.C5H10O3/c1-3-5-7-9-11-13-15-16-14-12-10-8-6-4-2;1-5(2)3-6-8-7-4-5/h3-16H2,1-2H3;3-4H2,1-2H3. The lowest BCUT2D eigenvalue weighted by molar-refractivity contribution is -0.548. The lowest BCUT2D eigenvalue weighted by atomic mass is 9.97. The fourth-order valence-corrected chi connectivity index (χ4v) is 2.71. The van der Waals surface area contributed by atoms with Gasteiger partial charge in [-0.2, -0.15) is 0 Å². The second kappa shape index (κ2) is 17.7. The minimum atomic E-state index is 0.109. The Bertz CT molecular complexity index is 219. The van der Waals surface area contributed by atoms with Gasteiger partial charge in [-0.3, -0.25) is 0 Å². The van der Waals surface area contributed by atoms with E-state index in [4.69, 9.17) is 0 Å². The van der Waals surface area contributed by atoms with Crippen LogP contribution in [0.1, 0.15) is 118 Å². The van der Waals surface area contributed by atoms with E-state index < -0.39 is 0 Å². The number of hydrogen-bond acceptors (Lipinski definition) is 3. The molecular weight excluding hydrogens is 300 g/mol. The second-order valence-electron chi connectivity index (χ2n) is 8.00. The van der Waals surface area contributed by atoms with Crippen LogP contribution in [0.3, 0.4) is 0 Å². The molecule has 3 heteroatoms. The highest BCUT2D eigenvalue weighted by molar-refractivity contribution is 4.65. The molecule has 3 nitrogen and oxygen atoms in total. The van der Waals surface area contributed by atoms with Crippen LogP contribution < -0.4 is 0 Å². The first-order valence-electron chi connectivity index (χ1n) is 10.5. The Labute approximate surface area is 151 Å². The molecule has 1 aliphatic rings. The molecule has 146 valence electrons. The van der Waals surface area contributed by atoms with Gasteiger partial charge >= 0.3 is 0 Å². The van der Waals surface area contributed by atoms with Crippen molar-refractivity contribution < 1.29 is 14.8 Å². The van der Waals surface area contributed by atoms with Crippen LogP contribution in [0.2, 0.25) is 0 Å². The van der Waals surface area contributed by atoms with E-state index >= 15 is 0 Å². The van der Waals surface area contributed by atoms with E-state index in [1.165, 1.54) is 89.9 Å². The van der Waals surface area contributed by atoms with Crippen molar-refractivity contribution in [3.63, 3.8) is 0 Å². The van der Waals surface area contributed by atoms with Crippen LogP contribution in [-0.4, -0.2) is 13.2 Å². The van der Waals surface area contributed by atoms with E-state index in [-0.39, 0.29) is 5.41 Å². The molecule has 0 atom stereocenters. The van der Waals surface area contributed by atoms with Gasteiger partial charge in [-0.15, -0.1) is 0 Å². The van der Waals surface area contributed by atoms with Gasteiger partial charge in [0, 0.05) is 5.41 Å². The Morgan fingerprint density at radius 2 is 0.833 bits per heavy atom. The van der Waals surface area contributed by atoms with Gasteiger partial charge in [0.1, 0.15) is 0 Å². The van der Waals surface area contributed by atoms with E-state index in [2.05, 4.69) is 42.5 Å². The summed E-state index contributed by atoms with van der Waals surface area (Å²) in [5, 5.41) is 4.21. The first kappa shape index (κ1) is 23.9. The highest BCUT2D eigenvalue weighted by Gasteiger charge is 2.23. The Morgan fingerprint density at radius 1 is 0.542 bits per heavy atom. The minimum absolute atomic E-state index is 0.109. The number of unbranched alkanes of at least 4 members (excludes halogenated alkanes) is 13. The molecule has 0 amide bonds. The van der Waals surface area contributed by atoms with E-state index in [0.717, 1.165) is 0 Å². The molecule has 1 fully saturated rings. The molecule has 1 saturated heterocycles. The summed E-state index contributed by atoms with van der Waals surface area (Å²) in [5.74, 6) is 0. The Hall–Kier alpha value is -0.120. The molecule has 0 aliphatic carbocycles. The average Bonchev–Trinajstić information content (AvgIpc) is 2.56.